The summed E-state index contributed by atoms with van der Waals surface area (Å²) in [4.78, 5) is 19.0. The van der Waals surface area contributed by atoms with Crippen LogP contribution in [-0.4, -0.2) is 39.6 Å². The van der Waals surface area contributed by atoms with Gasteiger partial charge in [0, 0.05) is 36.1 Å². The minimum absolute atomic E-state index is 0.0294. The fraction of sp³-hybridized carbons (Fsp3) is 0.310. The molecule has 1 N–H and O–H groups in total. The van der Waals surface area contributed by atoms with Crippen molar-refractivity contribution in [1.29, 1.82) is 0 Å². The van der Waals surface area contributed by atoms with E-state index in [1.165, 1.54) is 12.1 Å². The molecule has 0 atom stereocenters. The third-order valence-corrected chi connectivity index (χ3v) is 6.40. The Labute approximate surface area is 211 Å². The van der Waals surface area contributed by atoms with Gasteiger partial charge in [0.25, 0.3) is 0 Å². The van der Waals surface area contributed by atoms with Crippen LogP contribution in [0.3, 0.4) is 0 Å². The summed E-state index contributed by atoms with van der Waals surface area (Å²) in [6.07, 6.45) is 4.31. The number of carbonyl (C=O) groups excluding carboxylic acids is 1. The molecule has 3 heterocycles. The third-order valence-electron chi connectivity index (χ3n) is 6.40. The van der Waals surface area contributed by atoms with Gasteiger partial charge in [-0.2, -0.15) is 0 Å². The van der Waals surface area contributed by atoms with E-state index in [1.54, 1.807) is 12.1 Å². The average molecular weight is 491 g/mol. The molecule has 0 radical (unpaired) electrons. The molecule has 1 saturated heterocycles. The van der Waals surface area contributed by atoms with Crippen LogP contribution in [0.5, 0.6) is 0 Å². The number of alkyl halides is 1. The first-order chi connectivity index (χ1) is 17.4. The highest BCUT2D eigenvalue weighted by atomic mass is 19.1. The molecule has 1 fully saturated rings. The normalized spacial score (nSPS) is 15.5. The molecule has 1 amide bonds. The van der Waals surface area contributed by atoms with Crippen molar-refractivity contribution in [1.82, 2.24) is 14.5 Å². The van der Waals surface area contributed by atoms with E-state index in [0.29, 0.717) is 43.9 Å². The van der Waals surface area contributed by atoms with Crippen molar-refractivity contribution in [3.05, 3.63) is 72.3 Å². The van der Waals surface area contributed by atoms with E-state index in [2.05, 4.69) is 16.8 Å². The lowest BCUT2D eigenvalue weighted by Gasteiger charge is -2.31. The largest absolute Gasteiger partial charge is 0.369 e. The van der Waals surface area contributed by atoms with E-state index in [4.69, 9.17) is 4.98 Å². The first kappa shape index (κ1) is 25.4. The number of piperidine rings is 1. The molecule has 5 rings (SSSR count). The Kier molecular flexibility index (Phi) is 7.67. The standard InChI is InChI=1S/C27H26F2N4O.C2H6/c1-3-12-33-26(19-6-9-23-20(15-19)16-24(34)30-23)25(18-4-7-21(28)8-5-18)31-27(33)17(2)32-13-10-22(29)11-14-32;1-2/h3-9,12,15,22H,2,10-11,13-14,16H2,1H3,(H,30,34);1-2H3/b12-3-;. The molecule has 3 aromatic rings. The summed E-state index contributed by atoms with van der Waals surface area (Å²) in [5.74, 6) is 0.302. The summed E-state index contributed by atoms with van der Waals surface area (Å²) < 4.78 is 29.4. The summed E-state index contributed by atoms with van der Waals surface area (Å²) >= 11 is 0. The number of fused-ring (bicyclic) bond motifs is 1. The number of hydrogen-bond donors (Lipinski definition) is 1. The van der Waals surface area contributed by atoms with Crippen molar-refractivity contribution < 1.29 is 13.6 Å². The molecule has 0 unspecified atom stereocenters. The van der Waals surface area contributed by atoms with E-state index >= 15 is 0 Å². The Hall–Kier alpha value is -3.74. The predicted octanol–water partition coefficient (Wildman–Crippen LogP) is 6.77. The summed E-state index contributed by atoms with van der Waals surface area (Å²) in [6.45, 7) is 11.4. The molecular weight excluding hydrogens is 458 g/mol. The van der Waals surface area contributed by atoms with Gasteiger partial charge in [0.1, 0.15) is 12.0 Å². The number of nitrogens with zero attached hydrogens (tertiary/aromatic N) is 3. The fourth-order valence-electron chi connectivity index (χ4n) is 4.65. The second kappa shape index (κ2) is 10.9. The number of amides is 1. The van der Waals surface area contributed by atoms with Crippen LogP contribution in [0.2, 0.25) is 0 Å². The average Bonchev–Trinajstić information content (AvgIpc) is 3.45. The van der Waals surface area contributed by atoms with Crippen molar-refractivity contribution in [3.63, 3.8) is 0 Å². The first-order valence-corrected chi connectivity index (χ1v) is 12.5. The van der Waals surface area contributed by atoms with Crippen LogP contribution >= 0.6 is 0 Å². The smallest absolute Gasteiger partial charge is 0.228 e. The number of anilines is 1. The Morgan fingerprint density at radius 2 is 1.78 bits per heavy atom. The van der Waals surface area contributed by atoms with Crippen LogP contribution < -0.4 is 5.32 Å². The number of halogens is 2. The van der Waals surface area contributed by atoms with Gasteiger partial charge < -0.3 is 10.2 Å². The summed E-state index contributed by atoms with van der Waals surface area (Å²) in [7, 11) is 0. The molecule has 188 valence electrons. The van der Waals surface area contributed by atoms with Gasteiger partial charge in [-0.25, -0.2) is 13.8 Å². The summed E-state index contributed by atoms with van der Waals surface area (Å²) in [5.41, 5.74) is 5.62. The van der Waals surface area contributed by atoms with Crippen molar-refractivity contribution in [2.24, 2.45) is 0 Å². The van der Waals surface area contributed by atoms with Crippen LogP contribution in [-0.2, 0) is 11.2 Å². The molecule has 0 bridgehead atoms. The van der Waals surface area contributed by atoms with Gasteiger partial charge in [-0.1, -0.05) is 32.6 Å². The quantitative estimate of drug-likeness (QED) is 0.429. The van der Waals surface area contributed by atoms with Gasteiger partial charge in [-0.05, 0) is 61.7 Å². The Bertz CT molecular complexity index is 1290. The number of rotatable bonds is 5. The maximum atomic E-state index is 13.8. The maximum absolute atomic E-state index is 13.8. The number of allylic oxidation sites excluding steroid dienone is 1. The molecule has 2 aliphatic rings. The maximum Gasteiger partial charge on any atom is 0.228 e. The molecule has 1 aromatic heterocycles. The van der Waals surface area contributed by atoms with Crippen LogP contribution in [0.4, 0.5) is 14.5 Å². The predicted molar refractivity (Wildman–Crippen MR) is 142 cm³/mol. The number of carbonyl (C=O) groups is 1. The Balaban J connectivity index is 0.00000148. The molecule has 0 aliphatic carbocycles. The number of nitrogens with one attached hydrogen (secondary N) is 1. The number of aromatic nitrogens is 2. The van der Waals surface area contributed by atoms with E-state index < -0.39 is 6.17 Å². The molecule has 0 saturated carbocycles. The number of likely N-dealkylation sites (tertiary alicyclic amines) is 1. The zero-order chi connectivity index (χ0) is 25.8. The number of benzene rings is 2. The second-order valence-corrected chi connectivity index (χ2v) is 8.70. The SMILES string of the molecule is C=C(c1nc(-c2ccc(F)cc2)c(-c2ccc3c(c2)CC(=O)N3)n1/C=C\C)N1CCC(F)CC1.CC. The molecule has 2 aliphatic heterocycles. The lowest BCUT2D eigenvalue weighted by molar-refractivity contribution is -0.115. The van der Waals surface area contributed by atoms with E-state index in [0.717, 1.165) is 33.8 Å². The van der Waals surface area contributed by atoms with E-state index in [9.17, 15) is 13.6 Å². The van der Waals surface area contributed by atoms with Gasteiger partial charge in [0.15, 0.2) is 5.82 Å². The zero-order valence-electron chi connectivity index (χ0n) is 21.0. The Morgan fingerprint density at radius 3 is 2.44 bits per heavy atom. The van der Waals surface area contributed by atoms with Crippen molar-refractivity contribution in [3.8, 4) is 22.5 Å². The monoisotopic (exact) mass is 490 g/mol. The van der Waals surface area contributed by atoms with E-state index in [-0.39, 0.29) is 11.7 Å². The van der Waals surface area contributed by atoms with Crippen molar-refractivity contribution in [2.45, 2.75) is 46.2 Å². The van der Waals surface area contributed by atoms with Crippen LogP contribution in [0.25, 0.3) is 34.4 Å². The third kappa shape index (κ3) is 4.96. The van der Waals surface area contributed by atoms with Crippen LogP contribution in [0.1, 0.15) is 45.0 Å². The van der Waals surface area contributed by atoms with Gasteiger partial charge in [-0.15, -0.1) is 0 Å². The summed E-state index contributed by atoms with van der Waals surface area (Å²) in [6, 6.07) is 12.1. The lowest BCUT2D eigenvalue weighted by atomic mass is 10.0. The minimum Gasteiger partial charge on any atom is -0.369 e. The molecule has 2 aromatic carbocycles. The minimum atomic E-state index is -0.785. The van der Waals surface area contributed by atoms with Crippen molar-refractivity contribution in [2.75, 3.05) is 18.4 Å². The highest BCUT2D eigenvalue weighted by molar-refractivity contribution is 6.00. The van der Waals surface area contributed by atoms with E-state index in [1.807, 2.05) is 55.8 Å². The van der Waals surface area contributed by atoms with Crippen molar-refractivity contribution >= 4 is 23.5 Å². The zero-order valence-corrected chi connectivity index (χ0v) is 21.0. The fourth-order valence-corrected chi connectivity index (χ4v) is 4.65. The lowest BCUT2D eigenvalue weighted by Crippen LogP contribution is -2.33. The van der Waals surface area contributed by atoms with Gasteiger partial charge in [-0.3, -0.25) is 9.36 Å². The van der Waals surface area contributed by atoms with Gasteiger partial charge in [0.05, 0.1) is 23.5 Å². The number of hydrogen-bond acceptors (Lipinski definition) is 3. The molecule has 0 spiro atoms. The highest BCUT2D eigenvalue weighted by Crippen LogP contribution is 2.38. The topological polar surface area (TPSA) is 50.2 Å². The second-order valence-electron chi connectivity index (χ2n) is 8.70. The molecule has 5 nitrogen and oxygen atoms in total. The summed E-state index contributed by atoms with van der Waals surface area (Å²) in [5, 5.41) is 2.87. The Morgan fingerprint density at radius 1 is 1.11 bits per heavy atom. The molecular formula is C29H32F2N4O. The molecule has 7 heteroatoms. The molecule has 36 heavy (non-hydrogen) atoms. The highest BCUT2D eigenvalue weighted by Gasteiger charge is 2.27. The van der Waals surface area contributed by atoms with Gasteiger partial charge in [0.2, 0.25) is 5.91 Å². The first-order valence-electron chi connectivity index (χ1n) is 12.5. The van der Waals surface area contributed by atoms with Crippen LogP contribution in [0.15, 0.2) is 55.1 Å². The number of imidazole rings is 1. The van der Waals surface area contributed by atoms with Crippen LogP contribution in [0, 0.1) is 5.82 Å². The van der Waals surface area contributed by atoms with Gasteiger partial charge >= 0.3 is 0 Å².